The third-order valence-corrected chi connectivity index (χ3v) is 2.94. The lowest BCUT2D eigenvalue weighted by Gasteiger charge is -2.07. The highest BCUT2D eigenvalue weighted by atomic mass is 16.5. The lowest BCUT2D eigenvalue weighted by molar-refractivity contribution is -0.121. The van der Waals surface area contributed by atoms with Gasteiger partial charge in [-0.1, -0.05) is 31.9 Å². The molecule has 0 unspecified atom stereocenters. The number of carbonyl (C=O) groups is 2. The van der Waals surface area contributed by atoms with E-state index in [0.29, 0.717) is 18.7 Å². The minimum atomic E-state index is -0.487. The van der Waals surface area contributed by atoms with E-state index in [2.05, 4.69) is 22.6 Å². The van der Waals surface area contributed by atoms with Crippen LogP contribution < -0.4 is 5.32 Å². The molecule has 1 aromatic heterocycles. The predicted octanol–water partition coefficient (Wildman–Crippen LogP) is 1.32. The maximum absolute atomic E-state index is 11.8. The number of hydrogen-bond acceptors (Lipinski definition) is 5. The van der Waals surface area contributed by atoms with Crippen molar-refractivity contribution in [2.45, 2.75) is 53.0 Å². The molecule has 0 fully saturated rings. The van der Waals surface area contributed by atoms with E-state index in [1.807, 2.05) is 6.92 Å². The first-order valence-electron chi connectivity index (χ1n) is 7.50. The summed E-state index contributed by atoms with van der Waals surface area (Å²) in [5, 5.41) is 10.6. The SMILES string of the molecule is CCCCNC(=O)Cn1nnc(C(=O)OCC)c1CCC. The number of rotatable bonds is 9. The molecule has 0 aromatic carbocycles. The van der Waals surface area contributed by atoms with E-state index in [1.54, 1.807) is 6.92 Å². The van der Waals surface area contributed by atoms with Crippen molar-refractivity contribution in [2.75, 3.05) is 13.2 Å². The molecule has 1 heterocycles. The van der Waals surface area contributed by atoms with Crippen LogP contribution in [0, 0.1) is 0 Å². The molecule has 1 rings (SSSR count). The Kier molecular flexibility index (Phi) is 7.42. The van der Waals surface area contributed by atoms with Gasteiger partial charge < -0.3 is 10.1 Å². The van der Waals surface area contributed by atoms with Crippen LogP contribution in [0.5, 0.6) is 0 Å². The maximum atomic E-state index is 11.8. The Morgan fingerprint density at radius 3 is 2.62 bits per heavy atom. The monoisotopic (exact) mass is 296 g/mol. The zero-order chi connectivity index (χ0) is 15.7. The highest BCUT2D eigenvalue weighted by molar-refractivity contribution is 5.88. The molecule has 0 bridgehead atoms. The number of aromatic nitrogens is 3. The van der Waals surface area contributed by atoms with Gasteiger partial charge in [0.1, 0.15) is 6.54 Å². The van der Waals surface area contributed by atoms with Crippen molar-refractivity contribution in [2.24, 2.45) is 0 Å². The van der Waals surface area contributed by atoms with E-state index in [4.69, 9.17) is 4.74 Å². The van der Waals surface area contributed by atoms with Gasteiger partial charge in [0.05, 0.1) is 12.3 Å². The Morgan fingerprint density at radius 1 is 1.24 bits per heavy atom. The van der Waals surface area contributed by atoms with E-state index in [0.717, 1.165) is 19.3 Å². The lowest BCUT2D eigenvalue weighted by atomic mass is 10.2. The number of carbonyl (C=O) groups excluding carboxylic acids is 2. The van der Waals surface area contributed by atoms with Crippen LogP contribution in [0.1, 0.15) is 56.2 Å². The van der Waals surface area contributed by atoms with E-state index in [9.17, 15) is 9.59 Å². The van der Waals surface area contributed by atoms with E-state index in [1.165, 1.54) is 4.68 Å². The topological polar surface area (TPSA) is 86.1 Å². The molecule has 0 aliphatic rings. The lowest BCUT2D eigenvalue weighted by Crippen LogP contribution is -2.29. The summed E-state index contributed by atoms with van der Waals surface area (Å²) in [5.74, 6) is -0.611. The molecule has 0 radical (unpaired) electrons. The third-order valence-electron chi connectivity index (χ3n) is 2.94. The molecular formula is C14H24N4O3. The molecule has 0 aliphatic carbocycles. The summed E-state index contributed by atoms with van der Waals surface area (Å²) in [4.78, 5) is 23.6. The van der Waals surface area contributed by atoms with E-state index >= 15 is 0 Å². The van der Waals surface area contributed by atoms with Gasteiger partial charge in [0.25, 0.3) is 0 Å². The van der Waals surface area contributed by atoms with Gasteiger partial charge in [-0.25, -0.2) is 9.48 Å². The quantitative estimate of drug-likeness (QED) is 0.548. The third kappa shape index (κ3) is 5.17. The van der Waals surface area contributed by atoms with Gasteiger partial charge in [0.15, 0.2) is 5.69 Å². The molecule has 1 N–H and O–H groups in total. The Morgan fingerprint density at radius 2 is 2.00 bits per heavy atom. The van der Waals surface area contributed by atoms with E-state index < -0.39 is 5.97 Å². The summed E-state index contributed by atoms with van der Waals surface area (Å²) in [6, 6.07) is 0. The van der Waals surface area contributed by atoms with Crippen molar-refractivity contribution < 1.29 is 14.3 Å². The Balaban J connectivity index is 2.77. The molecule has 1 amide bonds. The van der Waals surface area contributed by atoms with Crippen LogP contribution in [0.2, 0.25) is 0 Å². The molecule has 0 saturated carbocycles. The minimum absolute atomic E-state index is 0.0749. The van der Waals surface area contributed by atoms with Crippen molar-refractivity contribution in [1.29, 1.82) is 0 Å². The highest BCUT2D eigenvalue weighted by Gasteiger charge is 2.21. The average molecular weight is 296 g/mol. The fraction of sp³-hybridized carbons (Fsp3) is 0.714. The molecule has 0 spiro atoms. The second-order valence-electron chi connectivity index (χ2n) is 4.72. The summed E-state index contributed by atoms with van der Waals surface area (Å²) in [6.07, 6.45) is 3.43. The van der Waals surface area contributed by atoms with Gasteiger partial charge in [-0.05, 0) is 19.8 Å². The zero-order valence-electron chi connectivity index (χ0n) is 13.0. The van der Waals surface area contributed by atoms with Crippen molar-refractivity contribution in [1.82, 2.24) is 20.3 Å². The van der Waals surface area contributed by atoms with Crippen LogP contribution in [-0.2, 0) is 22.5 Å². The van der Waals surface area contributed by atoms with Gasteiger partial charge in [0, 0.05) is 6.54 Å². The number of ether oxygens (including phenoxy) is 1. The summed E-state index contributed by atoms with van der Waals surface area (Å²) < 4.78 is 6.44. The standard InChI is InChI=1S/C14H24N4O3/c1-4-7-9-15-12(19)10-18-11(8-5-2)13(16-17-18)14(20)21-6-3/h4-10H2,1-3H3,(H,15,19). The van der Waals surface area contributed by atoms with Crippen LogP contribution >= 0.6 is 0 Å². The molecule has 1 aromatic rings. The minimum Gasteiger partial charge on any atom is -0.461 e. The van der Waals surface area contributed by atoms with Crippen LogP contribution in [0.15, 0.2) is 0 Å². The average Bonchev–Trinajstić information content (AvgIpc) is 2.83. The number of hydrogen-bond donors (Lipinski definition) is 1. The van der Waals surface area contributed by atoms with Crippen molar-refractivity contribution in [3.63, 3.8) is 0 Å². The van der Waals surface area contributed by atoms with Gasteiger partial charge in [-0.2, -0.15) is 0 Å². The Labute approximate surface area is 125 Å². The Hall–Kier alpha value is -1.92. The molecular weight excluding hydrogens is 272 g/mol. The van der Waals surface area contributed by atoms with Gasteiger partial charge in [0.2, 0.25) is 5.91 Å². The van der Waals surface area contributed by atoms with Crippen molar-refractivity contribution >= 4 is 11.9 Å². The number of nitrogens with one attached hydrogen (secondary N) is 1. The van der Waals surface area contributed by atoms with Gasteiger partial charge in [-0.15, -0.1) is 5.10 Å². The fourth-order valence-electron chi connectivity index (χ4n) is 1.90. The molecule has 118 valence electrons. The van der Waals surface area contributed by atoms with Gasteiger partial charge >= 0.3 is 5.97 Å². The van der Waals surface area contributed by atoms with Crippen LogP contribution in [-0.4, -0.2) is 40.0 Å². The second kappa shape index (κ2) is 9.10. The number of unbranched alkanes of at least 4 members (excludes halogenated alkanes) is 1. The first kappa shape index (κ1) is 17.1. The fourth-order valence-corrected chi connectivity index (χ4v) is 1.90. The molecule has 0 saturated heterocycles. The molecule has 21 heavy (non-hydrogen) atoms. The number of esters is 1. The van der Waals surface area contributed by atoms with Crippen molar-refractivity contribution in [3.05, 3.63) is 11.4 Å². The molecule has 7 heteroatoms. The summed E-state index contributed by atoms with van der Waals surface area (Å²) in [5.41, 5.74) is 0.863. The highest BCUT2D eigenvalue weighted by Crippen LogP contribution is 2.10. The molecule has 0 atom stereocenters. The van der Waals surface area contributed by atoms with Crippen LogP contribution in [0.3, 0.4) is 0 Å². The smallest absolute Gasteiger partial charge is 0.360 e. The normalized spacial score (nSPS) is 10.4. The summed E-state index contributed by atoms with van der Waals surface area (Å²) >= 11 is 0. The summed E-state index contributed by atoms with van der Waals surface area (Å²) in [6.45, 7) is 6.81. The number of amides is 1. The number of nitrogens with zero attached hydrogens (tertiary/aromatic N) is 3. The van der Waals surface area contributed by atoms with Crippen molar-refractivity contribution in [3.8, 4) is 0 Å². The summed E-state index contributed by atoms with van der Waals surface area (Å²) in [7, 11) is 0. The second-order valence-corrected chi connectivity index (χ2v) is 4.72. The van der Waals surface area contributed by atoms with Crippen LogP contribution in [0.4, 0.5) is 0 Å². The van der Waals surface area contributed by atoms with E-state index in [-0.39, 0.29) is 24.8 Å². The van der Waals surface area contributed by atoms with Crippen LogP contribution in [0.25, 0.3) is 0 Å². The molecule has 7 nitrogen and oxygen atoms in total. The Bertz CT molecular complexity index is 471. The van der Waals surface area contributed by atoms with Gasteiger partial charge in [-0.3, -0.25) is 4.79 Å². The molecule has 0 aliphatic heterocycles. The predicted molar refractivity (Wildman–Crippen MR) is 77.9 cm³/mol. The zero-order valence-corrected chi connectivity index (χ0v) is 13.0. The first-order valence-corrected chi connectivity index (χ1v) is 7.50. The first-order chi connectivity index (χ1) is 10.1. The maximum Gasteiger partial charge on any atom is 0.360 e. The largest absolute Gasteiger partial charge is 0.461 e.